The van der Waals surface area contributed by atoms with Crippen LogP contribution in [0.5, 0.6) is 5.88 Å². The summed E-state index contributed by atoms with van der Waals surface area (Å²) in [6, 6.07) is 6.08. The minimum absolute atomic E-state index is 0.186. The first-order valence-electron chi connectivity index (χ1n) is 5.54. The molecule has 2 aromatic rings. The van der Waals surface area contributed by atoms with Gasteiger partial charge in [0, 0.05) is 12.4 Å². The Morgan fingerprint density at radius 3 is 2.44 bits per heavy atom. The van der Waals surface area contributed by atoms with E-state index in [-0.39, 0.29) is 11.9 Å². The number of ether oxygens (including phenoxy) is 1. The van der Waals surface area contributed by atoms with E-state index in [0.717, 1.165) is 5.56 Å². The number of nitrogens with one attached hydrogen (secondary N) is 1. The van der Waals surface area contributed by atoms with E-state index in [1.165, 1.54) is 12.1 Å². The van der Waals surface area contributed by atoms with Gasteiger partial charge in [-0.15, -0.1) is 0 Å². The summed E-state index contributed by atoms with van der Waals surface area (Å²) in [7, 11) is 3.35. The summed E-state index contributed by atoms with van der Waals surface area (Å²) < 4.78 is 18.1. The number of aromatic nitrogens is 2. The average Bonchev–Trinajstić information content (AvgIpc) is 2.42. The largest absolute Gasteiger partial charge is 0.480 e. The summed E-state index contributed by atoms with van der Waals surface area (Å²) in [5.74, 6) is 0.195. The maximum atomic E-state index is 12.9. The third kappa shape index (κ3) is 2.46. The molecule has 1 heterocycles. The van der Waals surface area contributed by atoms with Crippen LogP contribution in [0.1, 0.15) is 17.3 Å². The lowest BCUT2D eigenvalue weighted by atomic mass is 10.0. The Morgan fingerprint density at radius 2 is 1.83 bits per heavy atom. The van der Waals surface area contributed by atoms with Crippen LogP contribution in [0.4, 0.5) is 4.39 Å². The van der Waals surface area contributed by atoms with Crippen LogP contribution < -0.4 is 10.1 Å². The molecule has 0 aliphatic heterocycles. The summed E-state index contributed by atoms with van der Waals surface area (Å²) >= 11 is 0. The molecular formula is C13H14FN3O. The Morgan fingerprint density at radius 1 is 1.17 bits per heavy atom. The van der Waals surface area contributed by atoms with Crippen molar-refractivity contribution in [2.45, 2.75) is 6.04 Å². The van der Waals surface area contributed by atoms with Gasteiger partial charge in [-0.2, -0.15) is 0 Å². The van der Waals surface area contributed by atoms with E-state index < -0.39 is 0 Å². The van der Waals surface area contributed by atoms with Crippen molar-refractivity contribution in [3.05, 3.63) is 53.7 Å². The molecule has 0 aliphatic rings. The maximum Gasteiger partial charge on any atom is 0.237 e. The van der Waals surface area contributed by atoms with Crippen LogP contribution >= 0.6 is 0 Å². The molecule has 0 saturated carbocycles. The Kier molecular flexibility index (Phi) is 3.84. The molecule has 5 heteroatoms. The van der Waals surface area contributed by atoms with Crippen LogP contribution in [0.25, 0.3) is 0 Å². The first kappa shape index (κ1) is 12.4. The molecule has 1 atom stereocenters. The second-order valence-electron chi connectivity index (χ2n) is 3.72. The Bertz CT molecular complexity index is 516. The van der Waals surface area contributed by atoms with E-state index in [4.69, 9.17) is 4.74 Å². The smallest absolute Gasteiger partial charge is 0.237 e. The standard InChI is InChI=1S/C13H14FN3O/c1-15-11(9-3-5-10(14)6-4-9)12-13(18-2)17-8-7-16-12/h3-8,11,15H,1-2H3. The molecule has 1 N–H and O–H groups in total. The van der Waals surface area contributed by atoms with Crippen molar-refractivity contribution in [1.82, 2.24) is 15.3 Å². The fourth-order valence-electron chi connectivity index (χ4n) is 1.81. The molecule has 0 radical (unpaired) electrons. The number of hydrogen-bond acceptors (Lipinski definition) is 4. The van der Waals surface area contributed by atoms with Crippen molar-refractivity contribution in [3.63, 3.8) is 0 Å². The molecule has 0 fully saturated rings. The molecule has 18 heavy (non-hydrogen) atoms. The Hall–Kier alpha value is -2.01. The van der Waals surface area contributed by atoms with Gasteiger partial charge in [0.25, 0.3) is 0 Å². The van der Waals surface area contributed by atoms with Gasteiger partial charge in [0.1, 0.15) is 11.5 Å². The molecule has 2 rings (SSSR count). The zero-order valence-corrected chi connectivity index (χ0v) is 10.2. The highest BCUT2D eigenvalue weighted by Crippen LogP contribution is 2.25. The van der Waals surface area contributed by atoms with Gasteiger partial charge in [-0.25, -0.2) is 9.37 Å². The normalized spacial score (nSPS) is 12.2. The van der Waals surface area contributed by atoms with Crippen molar-refractivity contribution in [2.75, 3.05) is 14.2 Å². The highest BCUT2D eigenvalue weighted by Gasteiger charge is 2.18. The predicted octanol–water partition coefficient (Wildman–Crippen LogP) is 1.93. The van der Waals surface area contributed by atoms with Gasteiger partial charge >= 0.3 is 0 Å². The van der Waals surface area contributed by atoms with Gasteiger partial charge in [0.2, 0.25) is 5.88 Å². The Balaban J connectivity index is 2.41. The molecule has 0 bridgehead atoms. The monoisotopic (exact) mass is 247 g/mol. The van der Waals surface area contributed by atoms with Gasteiger partial charge in [-0.1, -0.05) is 12.1 Å². The quantitative estimate of drug-likeness (QED) is 0.896. The van der Waals surface area contributed by atoms with Crippen molar-refractivity contribution in [1.29, 1.82) is 0 Å². The van der Waals surface area contributed by atoms with Crippen molar-refractivity contribution in [3.8, 4) is 5.88 Å². The third-order valence-electron chi connectivity index (χ3n) is 2.65. The van der Waals surface area contributed by atoms with E-state index in [0.29, 0.717) is 11.6 Å². The fourth-order valence-corrected chi connectivity index (χ4v) is 1.81. The third-order valence-corrected chi connectivity index (χ3v) is 2.65. The molecule has 1 unspecified atom stereocenters. The lowest BCUT2D eigenvalue weighted by Crippen LogP contribution is -2.20. The van der Waals surface area contributed by atoms with Crippen LogP contribution in [-0.2, 0) is 0 Å². The summed E-state index contributed by atoms with van der Waals surface area (Å²) in [5.41, 5.74) is 1.58. The molecular weight excluding hydrogens is 233 g/mol. The average molecular weight is 247 g/mol. The number of benzene rings is 1. The van der Waals surface area contributed by atoms with E-state index in [1.54, 1.807) is 31.6 Å². The zero-order chi connectivity index (χ0) is 13.0. The topological polar surface area (TPSA) is 47.0 Å². The minimum atomic E-state index is -0.264. The van der Waals surface area contributed by atoms with Gasteiger partial charge in [-0.05, 0) is 24.7 Å². The molecule has 4 nitrogen and oxygen atoms in total. The molecule has 0 amide bonds. The van der Waals surface area contributed by atoms with Gasteiger partial charge in [-0.3, -0.25) is 4.98 Å². The van der Waals surface area contributed by atoms with Crippen molar-refractivity contribution >= 4 is 0 Å². The molecule has 0 spiro atoms. The van der Waals surface area contributed by atoms with E-state index in [2.05, 4.69) is 15.3 Å². The van der Waals surface area contributed by atoms with Crippen LogP contribution in [0.2, 0.25) is 0 Å². The van der Waals surface area contributed by atoms with E-state index in [9.17, 15) is 4.39 Å². The zero-order valence-electron chi connectivity index (χ0n) is 10.2. The summed E-state index contributed by atoms with van der Waals surface area (Å²) in [4.78, 5) is 8.39. The summed E-state index contributed by atoms with van der Waals surface area (Å²) in [5, 5.41) is 3.12. The number of hydrogen-bond donors (Lipinski definition) is 1. The van der Waals surface area contributed by atoms with Gasteiger partial charge < -0.3 is 10.1 Å². The lowest BCUT2D eigenvalue weighted by molar-refractivity contribution is 0.384. The van der Waals surface area contributed by atoms with Gasteiger partial charge in [0.15, 0.2) is 0 Å². The number of rotatable bonds is 4. The molecule has 0 aliphatic carbocycles. The first-order chi connectivity index (χ1) is 8.76. The molecule has 94 valence electrons. The summed E-state index contributed by atoms with van der Waals surface area (Å²) in [6.07, 6.45) is 3.17. The Labute approximate surface area is 105 Å². The van der Waals surface area contributed by atoms with E-state index in [1.807, 2.05) is 7.05 Å². The second-order valence-corrected chi connectivity index (χ2v) is 3.72. The number of nitrogens with zero attached hydrogens (tertiary/aromatic N) is 2. The highest BCUT2D eigenvalue weighted by molar-refractivity contribution is 5.32. The second kappa shape index (κ2) is 5.55. The fraction of sp³-hybridized carbons (Fsp3) is 0.231. The van der Waals surface area contributed by atoms with Crippen LogP contribution in [0.3, 0.4) is 0 Å². The van der Waals surface area contributed by atoms with Crippen molar-refractivity contribution in [2.24, 2.45) is 0 Å². The predicted molar refractivity (Wildman–Crippen MR) is 65.9 cm³/mol. The summed E-state index contributed by atoms with van der Waals surface area (Å²) in [6.45, 7) is 0. The SMILES string of the molecule is CNC(c1ccc(F)cc1)c1nccnc1OC. The van der Waals surface area contributed by atoms with Crippen LogP contribution in [0, 0.1) is 5.82 Å². The number of halogens is 1. The highest BCUT2D eigenvalue weighted by atomic mass is 19.1. The number of methoxy groups -OCH3 is 1. The van der Waals surface area contributed by atoms with Crippen LogP contribution in [-0.4, -0.2) is 24.1 Å². The van der Waals surface area contributed by atoms with Gasteiger partial charge in [0.05, 0.1) is 13.2 Å². The van der Waals surface area contributed by atoms with Crippen molar-refractivity contribution < 1.29 is 9.13 Å². The van der Waals surface area contributed by atoms with Crippen LogP contribution in [0.15, 0.2) is 36.7 Å². The molecule has 1 aromatic carbocycles. The lowest BCUT2D eigenvalue weighted by Gasteiger charge is -2.17. The maximum absolute atomic E-state index is 12.9. The first-order valence-corrected chi connectivity index (χ1v) is 5.54. The minimum Gasteiger partial charge on any atom is -0.480 e. The molecule has 0 saturated heterocycles. The van der Waals surface area contributed by atoms with E-state index >= 15 is 0 Å². The molecule has 1 aromatic heterocycles.